The molecule has 6 heteroatoms. The highest BCUT2D eigenvalue weighted by atomic mass is 32.2. The van der Waals surface area contributed by atoms with Crippen molar-refractivity contribution < 1.29 is 4.79 Å². The van der Waals surface area contributed by atoms with Crippen LogP contribution in [0.3, 0.4) is 0 Å². The first-order valence-corrected chi connectivity index (χ1v) is 10.7. The average Bonchev–Trinajstić information content (AvgIpc) is 3.21. The Balaban J connectivity index is 1.66. The lowest BCUT2D eigenvalue weighted by Crippen LogP contribution is -2.56. The van der Waals surface area contributed by atoms with Crippen molar-refractivity contribution >= 4 is 29.0 Å². The molecule has 2 aliphatic rings. The Morgan fingerprint density at radius 1 is 1.30 bits per heavy atom. The van der Waals surface area contributed by atoms with Crippen LogP contribution >= 0.6 is 23.1 Å². The third-order valence-corrected chi connectivity index (χ3v) is 7.39. The van der Waals surface area contributed by atoms with Gasteiger partial charge in [-0.05, 0) is 26.2 Å². The summed E-state index contributed by atoms with van der Waals surface area (Å²) in [6, 6.07) is 0. The van der Waals surface area contributed by atoms with Gasteiger partial charge in [-0.1, -0.05) is 19.8 Å². The molecule has 1 aliphatic heterocycles. The van der Waals surface area contributed by atoms with Gasteiger partial charge in [-0.15, -0.1) is 11.3 Å². The minimum atomic E-state index is 0.0670. The first kappa shape index (κ1) is 17.2. The molecule has 1 aromatic rings. The van der Waals surface area contributed by atoms with Crippen LogP contribution < -0.4 is 5.32 Å². The van der Waals surface area contributed by atoms with E-state index in [-0.39, 0.29) is 11.4 Å². The summed E-state index contributed by atoms with van der Waals surface area (Å²) in [5.74, 6) is 2.52. The number of thioether (sulfide) groups is 1. The molecular weight excluding hydrogens is 326 g/mol. The predicted molar refractivity (Wildman–Crippen MR) is 98.7 cm³/mol. The fraction of sp³-hybridized carbons (Fsp3) is 0.765. The molecule has 0 bridgehead atoms. The standard InChI is InChI=1S/C17H27N3OS2/c1-3-14-19-13(2)15(23-14)16(21)18-12-17(6-4-5-7-17)20-8-10-22-11-9-20/h3-12H2,1-2H3,(H,18,21). The monoisotopic (exact) mass is 353 g/mol. The van der Waals surface area contributed by atoms with Crippen LogP contribution in [-0.2, 0) is 6.42 Å². The number of amides is 1. The minimum Gasteiger partial charge on any atom is -0.349 e. The maximum Gasteiger partial charge on any atom is 0.263 e. The average molecular weight is 354 g/mol. The molecule has 0 spiro atoms. The largest absolute Gasteiger partial charge is 0.349 e. The maximum absolute atomic E-state index is 12.6. The lowest BCUT2D eigenvalue weighted by Gasteiger charge is -2.43. The van der Waals surface area contributed by atoms with Gasteiger partial charge >= 0.3 is 0 Å². The Labute approximate surface area is 147 Å². The Morgan fingerprint density at radius 2 is 2.00 bits per heavy atom. The van der Waals surface area contributed by atoms with E-state index in [9.17, 15) is 4.79 Å². The van der Waals surface area contributed by atoms with Crippen LogP contribution in [0.4, 0.5) is 0 Å². The van der Waals surface area contributed by atoms with Gasteiger partial charge in [0.2, 0.25) is 0 Å². The number of thiazole rings is 1. The summed E-state index contributed by atoms with van der Waals surface area (Å²) in [7, 11) is 0. The molecule has 1 amide bonds. The lowest BCUT2D eigenvalue weighted by atomic mass is 9.94. The van der Waals surface area contributed by atoms with Crippen LogP contribution in [0.15, 0.2) is 0 Å². The molecule has 1 saturated heterocycles. The molecule has 1 aliphatic carbocycles. The molecule has 3 rings (SSSR count). The zero-order valence-corrected chi connectivity index (χ0v) is 15.8. The van der Waals surface area contributed by atoms with Gasteiger partial charge in [0, 0.05) is 36.7 Å². The van der Waals surface area contributed by atoms with Gasteiger partial charge in [0.1, 0.15) is 4.88 Å². The van der Waals surface area contributed by atoms with E-state index in [1.54, 1.807) is 11.3 Å². The van der Waals surface area contributed by atoms with Gasteiger partial charge < -0.3 is 5.32 Å². The summed E-state index contributed by atoms with van der Waals surface area (Å²) in [5.41, 5.74) is 1.07. The quantitative estimate of drug-likeness (QED) is 0.883. The predicted octanol–water partition coefficient (Wildman–Crippen LogP) is 3.11. The molecule has 0 atom stereocenters. The maximum atomic E-state index is 12.6. The van der Waals surface area contributed by atoms with E-state index in [0.29, 0.717) is 0 Å². The number of aryl methyl sites for hydroxylation is 2. The third kappa shape index (κ3) is 3.74. The molecule has 23 heavy (non-hydrogen) atoms. The SMILES string of the molecule is CCc1nc(C)c(C(=O)NCC2(N3CCSCC3)CCCC2)s1. The molecule has 4 nitrogen and oxygen atoms in total. The summed E-state index contributed by atoms with van der Waals surface area (Å²) >= 11 is 3.59. The molecule has 0 unspecified atom stereocenters. The highest BCUT2D eigenvalue weighted by Gasteiger charge is 2.40. The smallest absolute Gasteiger partial charge is 0.263 e. The van der Waals surface area contributed by atoms with E-state index < -0.39 is 0 Å². The van der Waals surface area contributed by atoms with Gasteiger partial charge in [0.15, 0.2) is 0 Å². The summed E-state index contributed by atoms with van der Waals surface area (Å²) < 4.78 is 0. The lowest BCUT2D eigenvalue weighted by molar-refractivity contribution is 0.0820. The molecular formula is C17H27N3OS2. The topological polar surface area (TPSA) is 45.2 Å². The molecule has 0 radical (unpaired) electrons. The highest BCUT2D eigenvalue weighted by molar-refractivity contribution is 7.99. The van der Waals surface area contributed by atoms with E-state index in [1.165, 1.54) is 50.3 Å². The molecule has 1 N–H and O–H groups in total. The van der Waals surface area contributed by atoms with Gasteiger partial charge in [-0.25, -0.2) is 4.98 Å². The fourth-order valence-corrected chi connectivity index (χ4v) is 5.64. The van der Waals surface area contributed by atoms with Crippen molar-refractivity contribution in [3.63, 3.8) is 0 Å². The molecule has 2 fully saturated rings. The zero-order chi connectivity index (χ0) is 16.3. The molecule has 0 aromatic carbocycles. The molecule has 1 aromatic heterocycles. The Kier molecular flexibility index (Phi) is 5.65. The van der Waals surface area contributed by atoms with Crippen molar-refractivity contribution in [1.82, 2.24) is 15.2 Å². The first-order chi connectivity index (χ1) is 11.1. The third-order valence-electron chi connectivity index (χ3n) is 5.14. The highest BCUT2D eigenvalue weighted by Crippen LogP contribution is 2.36. The van der Waals surface area contributed by atoms with Crippen molar-refractivity contribution in [3.05, 3.63) is 15.6 Å². The summed E-state index contributed by atoms with van der Waals surface area (Å²) in [4.78, 5) is 20.5. The number of aromatic nitrogens is 1. The van der Waals surface area contributed by atoms with Crippen LogP contribution in [0.5, 0.6) is 0 Å². The Bertz CT molecular complexity index is 546. The normalized spacial score (nSPS) is 21.5. The second-order valence-corrected chi connectivity index (χ2v) is 8.90. The molecule has 2 heterocycles. The minimum absolute atomic E-state index is 0.0670. The van der Waals surface area contributed by atoms with E-state index in [4.69, 9.17) is 0 Å². The van der Waals surface area contributed by atoms with Crippen molar-refractivity contribution in [2.75, 3.05) is 31.1 Å². The number of hydrogen-bond donors (Lipinski definition) is 1. The van der Waals surface area contributed by atoms with E-state index in [2.05, 4.69) is 22.1 Å². The van der Waals surface area contributed by atoms with E-state index in [1.807, 2.05) is 18.7 Å². The second-order valence-electron chi connectivity index (χ2n) is 6.59. The fourth-order valence-electron chi connectivity index (χ4n) is 3.81. The number of nitrogens with zero attached hydrogens (tertiary/aromatic N) is 2. The summed E-state index contributed by atoms with van der Waals surface area (Å²) in [5, 5.41) is 4.29. The first-order valence-electron chi connectivity index (χ1n) is 8.72. The van der Waals surface area contributed by atoms with Gasteiger partial charge in [-0.2, -0.15) is 11.8 Å². The van der Waals surface area contributed by atoms with E-state index in [0.717, 1.165) is 28.5 Å². The number of carbonyl (C=O) groups excluding carboxylic acids is 1. The van der Waals surface area contributed by atoms with Crippen molar-refractivity contribution in [3.8, 4) is 0 Å². The number of hydrogen-bond acceptors (Lipinski definition) is 5. The second kappa shape index (κ2) is 7.53. The van der Waals surface area contributed by atoms with Crippen molar-refractivity contribution in [1.29, 1.82) is 0 Å². The van der Waals surface area contributed by atoms with E-state index >= 15 is 0 Å². The van der Waals surface area contributed by atoms with Crippen LogP contribution in [0.25, 0.3) is 0 Å². The van der Waals surface area contributed by atoms with Crippen molar-refractivity contribution in [2.45, 2.75) is 51.5 Å². The van der Waals surface area contributed by atoms with Gasteiger partial charge in [0.05, 0.1) is 10.7 Å². The van der Waals surface area contributed by atoms with Crippen LogP contribution in [0.2, 0.25) is 0 Å². The summed E-state index contributed by atoms with van der Waals surface area (Å²) in [6.07, 6.45) is 5.92. The van der Waals surface area contributed by atoms with Gasteiger partial charge in [0.25, 0.3) is 5.91 Å². The zero-order valence-electron chi connectivity index (χ0n) is 14.2. The summed E-state index contributed by atoms with van der Waals surface area (Å²) in [6.45, 7) is 7.15. The number of nitrogens with one attached hydrogen (secondary N) is 1. The number of rotatable bonds is 5. The van der Waals surface area contributed by atoms with Gasteiger partial charge in [-0.3, -0.25) is 9.69 Å². The van der Waals surface area contributed by atoms with Crippen LogP contribution in [0, 0.1) is 6.92 Å². The van der Waals surface area contributed by atoms with Crippen LogP contribution in [-0.4, -0.2) is 52.5 Å². The van der Waals surface area contributed by atoms with Crippen molar-refractivity contribution in [2.24, 2.45) is 0 Å². The molecule has 128 valence electrons. The number of carbonyl (C=O) groups is 1. The van der Waals surface area contributed by atoms with Crippen LogP contribution in [0.1, 0.15) is 53.0 Å². The Morgan fingerprint density at radius 3 is 2.61 bits per heavy atom. The Hall–Kier alpha value is -0.590. The molecule has 1 saturated carbocycles.